The van der Waals surface area contributed by atoms with Gasteiger partial charge in [0.05, 0.1) is 4.90 Å². The fourth-order valence-corrected chi connectivity index (χ4v) is 4.55. The summed E-state index contributed by atoms with van der Waals surface area (Å²) in [4.78, 5) is 4.61. The highest BCUT2D eigenvalue weighted by atomic mass is 32.2. The number of aromatic nitrogens is 1. The van der Waals surface area contributed by atoms with E-state index in [0.29, 0.717) is 10.8 Å². The van der Waals surface area contributed by atoms with Crippen LogP contribution < -0.4 is 9.46 Å². The molecule has 6 heteroatoms. The molecule has 1 aliphatic carbocycles. The van der Waals surface area contributed by atoms with Gasteiger partial charge in [-0.2, -0.15) is 0 Å². The van der Waals surface area contributed by atoms with Crippen LogP contribution in [-0.2, 0) is 10.0 Å². The summed E-state index contributed by atoms with van der Waals surface area (Å²) < 4.78 is 34.0. The molecule has 0 bridgehead atoms. The van der Waals surface area contributed by atoms with Crippen LogP contribution in [0.15, 0.2) is 41.4 Å². The molecule has 1 N–H and O–H groups in total. The minimum absolute atomic E-state index is 0.0487. The van der Waals surface area contributed by atoms with Crippen LogP contribution in [0.5, 0.6) is 5.88 Å². The Morgan fingerprint density at radius 2 is 1.73 bits per heavy atom. The standard InChI is InChI=1S/C20H26N2O3S/c1-14-4-11-20(21-13-14)25-18-8-6-17(7-9-18)22-26(23,24)19-10-5-15(2)16(3)12-19/h4-5,10-13,17-18,22H,6-9H2,1-3H3. The van der Waals surface area contributed by atoms with Crippen molar-refractivity contribution in [1.29, 1.82) is 0 Å². The maximum Gasteiger partial charge on any atom is 0.240 e. The average molecular weight is 375 g/mol. The summed E-state index contributed by atoms with van der Waals surface area (Å²) in [5.74, 6) is 0.634. The first-order chi connectivity index (χ1) is 12.3. The maximum absolute atomic E-state index is 12.6. The molecule has 0 amide bonds. The van der Waals surface area contributed by atoms with Crippen molar-refractivity contribution < 1.29 is 13.2 Å². The van der Waals surface area contributed by atoms with E-state index in [9.17, 15) is 8.42 Å². The smallest absolute Gasteiger partial charge is 0.240 e. The van der Waals surface area contributed by atoms with E-state index in [0.717, 1.165) is 42.4 Å². The lowest BCUT2D eigenvalue weighted by molar-refractivity contribution is 0.138. The monoisotopic (exact) mass is 374 g/mol. The molecule has 5 nitrogen and oxygen atoms in total. The van der Waals surface area contributed by atoms with E-state index in [1.165, 1.54) is 0 Å². The van der Waals surface area contributed by atoms with Gasteiger partial charge in [0.25, 0.3) is 0 Å². The van der Waals surface area contributed by atoms with Crippen LogP contribution in [0.3, 0.4) is 0 Å². The lowest BCUT2D eigenvalue weighted by Crippen LogP contribution is -2.39. The van der Waals surface area contributed by atoms with Crippen molar-refractivity contribution in [2.45, 2.75) is 63.5 Å². The minimum atomic E-state index is -3.48. The number of pyridine rings is 1. The number of ether oxygens (including phenoxy) is 1. The Morgan fingerprint density at radius 3 is 2.35 bits per heavy atom. The van der Waals surface area contributed by atoms with Gasteiger partial charge in [-0.15, -0.1) is 0 Å². The van der Waals surface area contributed by atoms with Gasteiger partial charge < -0.3 is 4.74 Å². The zero-order valence-corrected chi connectivity index (χ0v) is 16.3. The van der Waals surface area contributed by atoms with Gasteiger partial charge in [-0.1, -0.05) is 12.1 Å². The van der Waals surface area contributed by atoms with Gasteiger partial charge in [-0.25, -0.2) is 18.1 Å². The molecule has 0 unspecified atom stereocenters. The van der Waals surface area contributed by atoms with Crippen molar-refractivity contribution in [3.8, 4) is 5.88 Å². The van der Waals surface area contributed by atoms with Crippen molar-refractivity contribution in [3.05, 3.63) is 53.2 Å². The van der Waals surface area contributed by atoms with Crippen molar-refractivity contribution in [2.75, 3.05) is 0 Å². The number of aryl methyl sites for hydroxylation is 3. The van der Waals surface area contributed by atoms with E-state index in [1.807, 2.05) is 39.0 Å². The third-order valence-corrected chi connectivity index (χ3v) is 6.47. The molecule has 0 saturated heterocycles. The second kappa shape index (κ2) is 7.76. The van der Waals surface area contributed by atoms with E-state index in [-0.39, 0.29) is 12.1 Å². The second-order valence-corrected chi connectivity index (χ2v) is 8.85. The molecule has 0 aliphatic heterocycles. The zero-order valence-electron chi connectivity index (χ0n) is 15.5. The van der Waals surface area contributed by atoms with Gasteiger partial charge in [0.15, 0.2) is 0 Å². The Hall–Kier alpha value is -1.92. The van der Waals surface area contributed by atoms with Crippen molar-refractivity contribution >= 4 is 10.0 Å². The molecule has 1 fully saturated rings. The molecule has 1 aromatic heterocycles. The highest BCUT2D eigenvalue weighted by Crippen LogP contribution is 2.24. The average Bonchev–Trinajstić information content (AvgIpc) is 2.61. The summed E-state index contributed by atoms with van der Waals surface area (Å²) in [7, 11) is -3.48. The van der Waals surface area contributed by atoms with Crippen LogP contribution in [-0.4, -0.2) is 25.5 Å². The van der Waals surface area contributed by atoms with Gasteiger partial charge in [-0.3, -0.25) is 0 Å². The van der Waals surface area contributed by atoms with E-state index >= 15 is 0 Å². The summed E-state index contributed by atoms with van der Waals surface area (Å²) in [5, 5.41) is 0. The Balaban J connectivity index is 1.56. The summed E-state index contributed by atoms with van der Waals surface area (Å²) >= 11 is 0. The summed E-state index contributed by atoms with van der Waals surface area (Å²) in [6, 6.07) is 9.06. The van der Waals surface area contributed by atoms with Crippen LogP contribution in [0.25, 0.3) is 0 Å². The Bertz CT molecular complexity index is 855. The van der Waals surface area contributed by atoms with Crippen molar-refractivity contribution in [1.82, 2.24) is 9.71 Å². The van der Waals surface area contributed by atoms with E-state index < -0.39 is 10.0 Å². The van der Waals surface area contributed by atoms with Crippen LogP contribution in [0, 0.1) is 20.8 Å². The number of hydrogen-bond donors (Lipinski definition) is 1. The summed E-state index contributed by atoms with van der Waals surface area (Å²) in [6.07, 6.45) is 5.04. The number of nitrogens with one attached hydrogen (secondary N) is 1. The molecule has 3 rings (SSSR count). The Morgan fingerprint density at radius 1 is 1.00 bits per heavy atom. The number of rotatable bonds is 5. The van der Waals surface area contributed by atoms with Gasteiger partial charge >= 0.3 is 0 Å². The lowest BCUT2D eigenvalue weighted by Gasteiger charge is -2.29. The predicted molar refractivity (Wildman–Crippen MR) is 102 cm³/mol. The van der Waals surface area contributed by atoms with E-state index in [4.69, 9.17) is 4.74 Å². The molecule has 140 valence electrons. The molecule has 26 heavy (non-hydrogen) atoms. The van der Waals surface area contributed by atoms with Crippen molar-refractivity contribution in [2.24, 2.45) is 0 Å². The van der Waals surface area contributed by atoms with Gasteiger partial charge in [0, 0.05) is 18.3 Å². The molecule has 2 aromatic rings. The van der Waals surface area contributed by atoms with Gasteiger partial charge in [-0.05, 0) is 75.3 Å². The summed E-state index contributed by atoms with van der Waals surface area (Å²) in [5.41, 5.74) is 3.17. The molecular weight excluding hydrogens is 348 g/mol. The number of hydrogen-bond acceptors (Lipinski definition) is 4. The zero-order chi connectivity index (χ0) is 18.7. The van der Waals surface area contributed by atoms with Crippen molar-refractivity contribution in [3.63, 3.8) is 0 Å². The van der Waals surface area contributed by atoms with Crippen LogP contribution in [0.4, 0.5) is 0 Å². The Kier molecular flexibility index (Phi) is 5.63. The molecule has 1 heterocycles. The fourth-order valence-electron chi connectivity index (χ4n) is 3.16. The molecular formula is C20H26N2O3S. The molecule has 1 aromatic carbocycles. The van der Waals surface area contributed by atoms with E-state index in [2.05, 4.69) is 9.71 Å². The highest BCUT2D eigenvalue weighted by molar-refractivity contribution is 7.89. The SMILES string of the molecule is Cc1ccc(OC2CCC(NS(=O)(=O)c3ccc(C)c(C)c3)CC2)nc1. The van der Waals surface area contributed by atoms with Gasteiger partial charge in [0.1, 0.15) is 6.10 Å². The van der Waals surface area contributed by atoms with Gasteiger partial charge in [0.2, 0.25) is 15.9 Å². The van der Waals surface area contributed by atoms with Crippen LogP contribution in [0.2, 0.25) is 0 Å². The quantitative estimate of drug-likeness (QED) is 0.867. The molecule has 1 aliphatic rings. The van der Waals surface area contributed by atoms with E-state index in [1.54, 1.807) is 18.3 Å². The second-order valence-electron chi connectivity index (χ2n) is 7.13. The minimum Gasteiger partial charge on any atom is -0.474 e. The van der Waals surface area contributed by atoms with Crippen LogP contribution in [0.1, 0.15) is 42.4 Å². The first-order valence-corrected chi connectivity index (χ1v) is 10.5. The molecule has 0 atom stereocenters. The molecule has 0 spiro atoms. The Labute approximate surface area is 155 Å². The lowest BCUT2D eigenvalue weighted by atomic mass is 9.94. The topological polar surface area (TPSA) is 68.3 Å². The predicted octanol–water partition coefficient (Wildman–Crippen LogP) is 3.68. The third kappa shape index (κ3) is 4.62. The largest absolute Gasteiger partial charge is 0.474 e. The highest BCUT2D eigenvalue weighted by Gasteiger charge is 2.27. The molecule has 1 saturated carbocycles. The normalized spacial score (nSPS) is 20.7. The number of benzene rings is 1. The number of sulfonamides is 1. The summed E-state index contributed by atoms with van der Waals surface area (Å²) in [6.45, 7) is 5.89. The first-order valence-electron chi connectivity index (χ1n) is 9.02. The maximum atomic E-state index is 12.6. The third-order valence-electron chi connectivity index (χ3n) is 4.96. The molecule has 0 radical (unpaired) electrons. The van der Waals surface area contributed by atoms with Crippen LogP contribution >= 0.6 is 0 Å². The first kappa shape index (κ1) is 18.9. The number of nitrogens with zero attached hydrogens (tertiary/aromatic N) is 1. The fraction of sp³-hybridized carbons (Fsp3) is 0.450.